The highest BCUT2D eigenvalue weighted by Gasteiger charge is 2.24. The first-order valence-corrected chi connectivity index (χ1v) is 5.75. The SMILES string of the molecule is CCOc1ccccc1[C@@H]1CCCN1C. The second-order valence-electron chi connectivity index (χ2n) is 4.11. The molecule has 15 heavy (non-hydrogen) atoms. The molecule has 1 heterocycles. The van der Waals surface area contributed by atoms with Gasteiger partial charge in [-0.1, -0.05) is 18.2 Å². The number of hydrogen-bond donors (Lipinski definition) is 0. The van der Waals surface area contributed by atoms with Gasteiger partial charge in [0.2, 0.25) is 0 Å². The Bertz CT molecular complexity index is 324. The highest BCUT2D eigenvalue weighted by Crippen LogP contribution is 2.35. The molecule has 0 spiro atoms. The van der Waals surface area contributed by atoms with Crippen molar-refractivity contribution in [2.45, 2.75) is 25.8 Å². The average Bonchev–Trinajstić information content (AvgIpc) is 2.66. The predicted molar refractivity (Wildman–Crippen MR) is 62.2 cm³/mol. The van der Waals surface area contributed by atoms with Crippen molar-refractivity contribution in [1.29, 1.82) is 0 Å². The van der Waals surface area contributed by atoms with Gasteiger partial charge < -0.3 is 4.74 Å². The molecule has 0 unspecified atom stereocenters. The first-order valence-electron chi connectivity index (χ1n) is 5.75. The summed E-state index contributed by atoms with van der Waals surface area (Å²) in [6.45, 7) is 3.98. The highest BCUT2D eigenvalue weighted by atomic mass is 16.5. The zero-order valence-electron chi connectivity index (χ0n) is 9.57. The molecule has 1 aromatic carbocycles. The minimum Gasteiger partial charge on any atom is -0.494 e. The zero-order chi connectivity index (χ0) is 10.7. The van der Waals surface area contributed by atoms with Gasteiger partial charge in [0.1, 0.15) is 5.75 Å². The first kappa shape index (κ1) is 10.5. The van der Waals surface area contributed by atoms with Crippen LogP contribution in [0.25, 0.3) is 0 Å². The Hall–Kier alpha value is -1.02. The molecule has 1 saturated heterocycles. The molecule has 1 fully saturated rings. The van der Waals surface area contributed by atoms with Gasteiger partial charge in [-0.2, -0.15) is 0 Å². The van der Waals surface area contributed by atoms with E-state index in [1.54, 1.807) is 0 Å². The standard InChI is InChI=1S/C13H19NO/c1-3-15-13-9-5-4-7-11(13)12-8-6-10-14(12)2/h4-5,7,9,12H,3,6,8,10H2,1-2H3/t12-/m0/s1. The summed E-state index contributed by atoms with van der Waals surface area (Å²) in [4.78, 5) is 2.41. The molecular formula is C13H19NO. The average molecular weight is 205 g/mol. The Morgan fingerprint density at radius 1 is 1.40 bits per heavy atom. The molecule has 0 N–H and O–H groups in total. The Balaban J connectivity index is 2.25. The molecule has 1 aliphatic rings. The van der Waals surface area contributed by atoms with Crippen molar-refractivity contribution in [3.8, 4) is 5.75 Å². The summed E-state index contributed by atoms with van der Waals surface area (Å²) < 4.78 is 5.67. The van der Waals surface area contributed by atoms with E-state index in [2.05, 4.69) is 30.1 Å². The molecule has 0 aromatic heterocycles. The summed E-state index contributed by atoms with van der Waals surface area (Å²) in [5.74, 6) is 1.05. The lowest BCUT2D eigenvalue weighted by Crippen LogP contribution is -2.18. The number of rotatable bonds is 3. The van der Waals surface area contributed by atoms with Crippen LogP contribution in [-0.2, 0) is 0 Å². The third-order valence-electron chi connectivity index (χ3n) is 3.10. The van der Waals surface area contributed by atoms with Crippen LogP contribution in [0.5, 0.6) is 5.75 Å². The van der Waals surface area contributed by atoms with Crippen molar-refractivity contribution in [1.82, 2.24) is 4.90 Å². The van der Waals surface area contributed by atoms with E-state index in [0.29, 0.717) is 6.04 Å². The van der Waals surface area contributed by atoms with Crippen LogP contribution >= 0.6 is 0 Å². The quantitative estimate of drug-likeness (QED) is 0.752. The number of ether oxygens (including phenoxy) is 1. The molecule has 0 amide bonds. The number of para-hydroxylation sites is 1. The van der Waals surface area contributed by atoms with E-state index >= 15 is 0 Å². The van der Waals surface area contributed by atoms with Crippen LogP contribution in [0.4, 0.5) is 0 Å². The zero-order valence-corrected chi connectivity index (χ0v) is 9.57. The Labute approximate surface area is 91.9 Å². The van der Waals surface area contributed by atoms with E-state index in [-0.39, 0.29) is 0 Å². The third kappa shape index (κ3) is 2.15. The monoisotopic (exact) mass is 205 g/mol. The molecular weight excluding hydrogens is 186 g/mol. The Morgan fingerprint density at radius 3 is 2.87 bits per heavy atom. The van der Waals surface area contributed by atoms with Gasteiger partial charge in [-0.15, -0.1) is 0 Å². The van der Waals surface area contributed by atoms with E-state index in [0.717, 1.165) is 12.4 Å². The lowest BCUT2D eigenvalue weighted by Gasteiger charge is -2.22. The summed E-state index contributed by atoms with van der Waals surface area (Å²) in [5, 5.41) is 0. The Kier molecular flexibility index (Phi) is 3.27. The molecule has 0 radical (unpaired) electrons. The first-order chi connectivity index (χ1) is 7.33. The topological polar surface area (TPSA) is 12.5 Å². The summed E-state index contributed by atoms with van der Waals surface area (Å²) >= 11 is 0. The molecule has 1 aliphatic heterocycles. The number of benzene rings is 1. The van der Waals surface area contributed by atoms with Gasteiger partial charge in [0.25, 0.3) is 0 Å². The molecule has 2 heteroatoms. The van der Waals surface area contributed by atoms with Crippen molar-refractivity contribution >= 4 is 0 Å². The van der Waals surface area contributed by atoms with Gasteiger partial charge in [-0.3, -0.25) is 4.90 Å². The lowest BCUT2D eigenvalue weighted by molar-refractivity contribution is 0.292. The fourth-order valence-electron chi connectivity index (χ4n) is 2.35. The van der Waals surface area contributed by atoms with E-state index in [9.17, 15) is 0 Å². The minimum absolute atomic E-state index is 0.549. The fourth-order valence-corrected chi connectivity index (χ4v) is 2.35. The number of likely N-dealkylation sites (tertiary alicyclic amines) is 1. The second-order valence-corrected chi connectivity index (χ2v) is 4.11. The fraction of sp³-hybridized carbons (Fsp3) is 0.538. The molecule has 0 bridgehead atoms. The Morgan fingerprint density at radius 2 is 2.20 bits per heavy atom. The molecule has 0 aliphatic carbocycles. The summed E-state index contributed by atoms with van der Waals surface area (Å²) in [6.07, 6.45) is 2.54. The van der Waals surface area contributed by atoms with Gasteiger partial charge in [-0.05, 0) is 39.4 Å². The van der Waals surface area contributed by atoms with Gasteiger partial charge in [-0.25, -0.2) is 0 Å². The lowest BCUT2D eigenvalue weighted by atomic mass is 10.0. The normalized spacial score (nSPS) is 21.9. The van der Waals surface area contributed by atoms with Crippen LogP contribution in [0.15, 0.2) is 24.3 Å². The van der Waals surface area contributed by atoms with Crippen LogP contribution in [0.1, 0.15) is 31.4 Å². The van der Waals surface area contributed by atoms with Crippen molar-refractivity contribution in [2.24, 2.45) is 0 Å². The minimum atomic E-state index is 0.549. The maximum absolute atomic E-state index is 5.67. The van der Waals surface area contributed by atoms with Crippen molar-refractivity contribution in [3.63, 3.8) is 0 Å². The second kappa shape index (κ2) is 4.67. The van der Waals surface area contributed by atoms with Gasteiger partial charge in [0, 0.05) is 11.6 Å². The molecule has 0 saturated carbocycles. The van der Waals surface area contributed by atoms with Crippen LogP contribution in [0.2, 0.25) is 0 Å². The smallest absolute Gasteiger partial charge is 0.124 e. The van der Waals surface area contributed by atoms with E-state index in [1.165, 1.54) is 24.9 Å². The predicted octanol–water partition coefficient (Wildman–Crippen LogP) is 2.85. The van der Waals surface area contributed by atoms with Crippen molar-refractivity contribution in [3.05, 3.63) is 29.8 Å². The number of nitrogens with zero attached hydrogens (tertiary/aromatic N) is 1. The molecule has 82 valence electrons. The van der Waals surface area contributed by atoms with Crippen molar-refractivity contribution in [2.75, 3.05) is 20.2 Å². The maximum atomic E-state index is 5.67. The van der Waals surface area contributed by atoms with Crippen LogP contribution in [0, 0.1) is 0 Å². The van der Waals surface area contributed by atoms with Gasteiger partial charge in [0.15, 0.2) is 0 Å². The highest BCUT2D eigenvalue weighted by molar-refractivity contribution is 5.36. The maximum Gasteiger partial charge on any atom is 0.124 e. The molecule has 1 aromatic rings. The van der Waals surface area contributed by atoms with E-state index in [1.807, 2.05) is 13.0 Å². The molecule has 1 atom stereocenters. The number of hydrogen-bond acceptors (Lipinski definition) is 2. The molecule has 2 rings (SSSR count). The van der Waals surface area contributed by atoms with Crippen LogP contribution in [-0.4, -0.2) is 25.1 Å². The van der Waals surface area contributed by atoms with Crippen LogP contribution in [0.3, 0.4) is 0 Å². The largest absolute Gasteiger partial charge is 0.494 e. The van der Waals surface area contributed by atoms with Crippen LogP contribution < -0.4 is 4.74 Å². The summed E-state index contributed by atoms with van der Waals surface area (Å²) in [6, 6.07) is 8.96. The third-order valence-corrected chi connectivity index (χ3v) is 3.10. The van der Waals surface area contributed by atoms with E-state index in [4.69, 9.17) is 4.74 Å². The van der Waals surface area contributed by atoms with E-state index < -0.39 is 0 Å². The van der Waals surface area contributed by atoms with Gasteiger partial charge >= 0.3 is 0 Å². The summed E-state index contributed by atoms with van der Waals surface area (Å²) in [5.41, 5.74) is 1.35. The summed E-state index contributed by atoms with van der Waals surface area (Å²) in [7, 11) is 2.19. The molecule has 2 nitrogen and oxygen atoms in total. The van der Waals surface area contributed by atoms with Gasteiger partial charge in [0.05, 0.1) is 6.61 Å². The van der Waals surface area contributed by atoms with Crippen molar-refractivity contribution < 1.29 is 4.74 Å².